The highest BCUT2D eigenvalue weighted by atomic mass is 16.2. The van der Waals surface area contributed by atoms with Gasteiger partial charge in [0.05, 0.1) is 11.9 Å². The fraction of sp³-hybridized carbons (Fsp3) is 0.636. The van der Waals surface area contributed by atoms with Gasteiger partial charge < -0.3 is 21.3 Å². The number of nitrogens with zero attached hydrogens (tertiary/aromatic N) is 2. The Morgan fingerprint density at radius 3 is 2.47 bits per heavy atom. The number of likely N-dealkylation sites (tertiary alicyclic amines) is 1. The molecule has 1 aromatic rings. The van der Waals surface area contributed by atoms with Crippen molar-refractivity contribution in [2.45, 2.75) is 71.4 Å². The molecule has 8 heteroatoms. The Balaban J connectivity index is 1.66. The number of nitrogens with one attached hydrogen (secondary N) is 2. The van der Waals surface area contributed by atoms with Gasteiger partial charge in [0.25, 0.3) is 0 Å². The minimum atomic E-state index is -0.632. The van der Waals surface area contributed by atoms with Gasteiger partial charge >= 0.3 is 11.8 Å². The molecule has 8 nitrogen and oxygen atoms in total. The van der Waals surface area contributed by atoms with Crippen LogP contribution in [0.2, 0.25) is 0 Å². The van der Waals surface area contributed by atoms with Crippen LogP contribution in [0.15, 0.2) is 12.3 Å². The zero-order valence-electron chi connectivity index (χ0n) is 18.1. The average molecular weight is 416 g/mol. The van der Waals surface area contributed by atoms with E-state index in [2.05, 4.69) is 22.5 Å². The molecule has 30 heavy (non-hydrogen) atoms. The second kappa shape index (κ2) is 9.45. The Hall–Kier alpha value is -2.64. The smallest absolute Gasteiger partial charge is 0.313 e. The van der Waals surface area contributed by atoms with Crippen molar-refractivity contribution in [3.63, 3.8) is 0 Å². The van der Waals surface area contributed by atoms with Crippen molar-refractivity contribution >= 4 is 29.2 Å². The third kappa shape index (κ3) is 5.29. The van der Waals surface area contributed by atoms with Crippen LogP contribution in [0.3, 0.4) is 0 Å². The van der Waals surface area contributed by atoms with Crippen molar-refractivity contribution in [1.82, 2.24) is 15.2 Å². The van der Waals surface area contributed by atoms with Crippen LogP contribution in [0.1, 0.15) is 57.9 Å². The third-order valence-corrected chi connectivity index (χ3v) is 6.42. The van der Waals surface area contributed by atoms with Crippen molar-refractivity contribution < 1.29 is 14.4 Å². The molecule has 2 fully saturated rings. The monoisotopic (exact) mass is 415 g/mol. The minimum Gasteiger partial charge on any atom is -0.383 e. The van der Waals surface area contributed by atoms with Gasteiger partial charge in [-0.25, -0.2) is 4.98 Å². The van der Waals surface area contributed by atoms with Gasteiger partial charge in [-0.15, -0.1) is 0 Å². The molecule has 1 aliphatic carbocycles. The van der Waals surface area contributed by atoms with Crippen LogP contribution in [0, 0.1) is 18.8 Å². The van der Waals surface area contributed by atoms with Crippen molar-refractivity contribution in [1.29, 1.82) is 0 Å². The van der Waals surface area contributed by atoms with E-state index in [9.17, 15) is 14.4 Å². The fourth-order valence-electron chi connectivity index (χ4n) is 4.80. The highest BCUT2D eigenvalue weighted by Gasteiger charge is 2.39. The molecule has 3 amide bonds. The van der Waals surface area contributed by atoms with E-state index >= 15 is 0 Å². The molecule has 0 bridgehead atoms. The van der Waals surface area contributed by atoms with Gasteiger partial charge in [-0.2, -0.15) is 0 Å². The minimum absolute atomic E-state index is 0.00538. The van der Waals surface area contributed by atoms with Crippen LogP contribution >= 0.6 is 0 Å². The van der Waals surface area contributed by atoms with Crippen LogP contribution in [0.5, 0.6) is 0 Å². The summed E-state index contributed by atoms with van der Waals surface area (Å²) in [6.45, 7) is 6.07. The molecule has 2 heterocycles. The molecular formula is C22H33N5O3. The van der Waals surface area contributed by atoms with Crippen molar-refractivity contribution in [2.24, 2.45) is 11.8 Å². The summed E-state index contributed by atoms with van der Waals surface area (Å²) in [6, 6.07) is 2.01. The Morgan fingerprint density at radius 2 is 1.83 bits per heavy atom. The van der Waals surface area contributed by atoms with Crippen molar-refractivity contribution in [3.8, 4) is 0 Å². The number of pyridine rings is 1. The first-order valence-electron chi connectivity index (χ1n) is 10.9. The quantitative estimate of drug-likeness (QED) is 0.655. The summed E-state index contributed by atoms with van der Waals surface area (Å²) >= 11 is 0. The summed E-state index contributed by atoms with van der Waals surface area (Å²) < 4.78 is 0. The number of piperidine rings is 1. The number of carbonyl (C=O) groups is 3. The number of rotatable bonds is 3. The molecule has 2 atom stereocenters. The van der Waals surface area contributed by atoms with Crippen LogP contribution in [0.4, 0.5) is 11.5 Å². The number of carbonyl (C=O) groups excluding carboxylic acids is 3. The maximum absolute atomic E-state index is 13.1. The molecule has 0 unspecified atom stereocenters. The molecule has 0 aromatic carbocycles. The van der Waals surface area contributed by atoms with E-state index in [1.807, 2.05) is 0 Å². The molecule has 0 radical (unpaired) electrons. The van der Waals surface area contributed by atoms with E-state index in [1.165, 1.54) is 6.20 Å². The molecule has 4 N–H and O–H groups in total. The average Bonchev–Trinajstić information content (AvgIpc) is 2.70. The highest BCUT2D eigenvalue weighted by Crippen LogP contribution is 2.35. The van der Waals surface area contributed by atoms with Crippen molar-refractivity contribution in [3.05, 3.63) is 17.8 Å². The summed E-state index contributed by atoms with van der Waals surface area (Å²) in [7, 11) is 0. The molecule has 1 saturated carbocycles. The van der Waals surface area contributed by atoms with E-state index in [-0.39, 0.29) is 18.0 Å². The first kappa shape index (κ1) is 22.1. The second-order valence-electron chi connectivity index (χ2n) is 8.90. The lowest BCUT2D eigenvalue weighted by Crippen LogP contribution is -2.54. The number of aryl methyl sites for hydroxylation is 1. The molecule has 3 rings (SSSR count). The standard InChI is InChI=1S/C22H33N5O3/c1-13-4-9-19(16-5-7-17(8-6-16)25-15(3)28)27(12-13)22(30)21(29)26-18-10-14(2)20(23)24-11-18/h10-11,13,16-17,19H,4-9,12H2,1-3H3,(H2,23,24)(H,25,28)(H,26,29)/t13-,16?,17?,19+/m1/s1. The number of anilines is 2. The van der Waals surface area contributed by atoms with E-state index in [4.69, 9.17) is 5.73 Å². The highest BCUT2D eigenvalue weighted by molar-refractivity contribution is 6.39. The number of aromatic nitrogens is 1. The molecular weight excluding hydrogens is 382 g/mol. The van der Waals surface area contributed by atoms with Gasteiger partial charge in [-0.1, -0.05) is 6.92 Å². The summed E-state index contributed by atoms with van der Waals surface area (Å²) in [5.41, 5.74) is 6.95. The fourth-order valence-corrected chi connectivity index (χ4v) is 4.80. The maximum atomic E-state index is 13.1. The first-order chi connectivity index (χ1) is 14.2. The number of amides is 3. The Kier molecular flexibility index (Phi) is 6.95. The SMILES string of the molecule is CC(=O)NC1CCC([C@@H]2CC[C@@H](C)CN2C(=O)C(=O)Nc2cnc(N)c(C)c2)CC1. The Morgan fingerprint density at radius 1 is 1.13 bits per heavy atom. The third-order valence-electron chi connectivity index (χ3n) is 6.42. The number of nitrogen functional groups attached to an aromatic ring is 1. The van der Waals surface area contributed by atoms with E-state index in [0.29, 0.717) is 29.9 Å². The Labute approximate surface area is 178 Å². The summed E-state index contributed by atoms with van der Waals surface area (Å²) in [6.07, 6.45) is 7.18. The van der Waals surface area contributed by atoms with Gasteiger partial charge in [-0.05, 0) is 68.9 Å². The van der Waals surface area contributed by atoms with Crippen LogP contribution in [-0.4, -0.2) is 46.2 Å². The summed E-state index contributed by atoms with van der Waals surface area (Å²) in [5, 5.41) is 5.68. The number of nitrogens with two attached hydrogens (primary N) is 1. The van der Waals surface area contributed by atoms with Gasteiger partial charge in [0.2, 0.25) is 5.91 Å². The lowest BCUT2D eigenvalue weighted by Gasteiger charge is -2.44. The van der Waals surface area contributed by atoms with E-state index in [1.54, 1.807) is 24.8 Å². The summed E-state index contributed by atoms with van der Waals surface area (Å²) in [4.78, 5) is 42.9. The number of hydrogen-bond acceptors (Lipinski definition) is 5. The molecule has 164 valence electrons. The molecule has 0 spiro atoms. The van der Waals surface area contributed by atoms with Crippen LogP contribution < -0.4 is 16.4 Å². The molecule has 2 aliphatic rings. The largest absolute Gasteiger partial charge is 0.383 e. The van der Waals surface area contributed by atoms with Gasteiger partial charge in [-0.3, -0.25) is 14.4 Å². The maximum Gasteiger partial charge on any atom is 0.313 e. The molecule has 1 saturated heterocycles. The predicted octanol–water partition coefficient (Wildman–Crippen LogP) is 2.23. The second-order valence-corrected chi connectivity index (χ2v) is 8.90. The van der Waals surface area contributed by atoms with Gasteiger partial charge in [0.15, 0.2) is 0 Å². The normalized spacial score (nSPS) is 26.7. The van der Waals surface area contributed by atoms with Gasteiger partial charge in [0, 0.05) is 25.6 Å². The van der Waals surface area contributed by atoms with Gasteiger partial charge in [0.1, 0.15) is 5.82 Å². The van der Waals surface area contributed by atoms with E-state index < -0.39 is 11.8 Å². The van der Waals surface area contributed by atoms with E-state index in [0.717, 1.165) is 44.1 Å². The summed E-state index contributed by atoms with van der Waals surface area (Å²) in [5.74, 6) is 0.0239. The molecule has 1 aromatic heterocycles. The predicted molar refractivity (Wildman–Crippen MR) is 115 cm³/mol. The topological polar surface area (TPSA) is 117 Å². The lowest BCUT2D eigenvalue weighted by atomic mass is 9.77. The van der Waals surface area contributed by atoms with Crippen molar-refractivity contribution in [2.75, 3.05) is 17.6 Å². The zero-order valence-corrected chi connectivity index (χ0v) is 18.1. The zero-order chi connectivity index (χ0) is 21.8. The van der Waals surface area contributed by atoms with Crippen LogP contribution in [0.25, 0.3) is 0 Å². The number of hydrogen-bond donors (Lipinski definition) is 3. The Bertz CT molecular complexity index is 804. The van der Waals surface area contributed by atoms with Crippen LogP contribution in [-0.2, 0) is 14.4 Å². The first-order valence-corrected chi connectivity index (χ1v) is 10.9. The molecule has 1 aliphatic heterocycles. The lowest BCUT2D eigenvalue weighted by molar-refractivity contribution is -0.147.